The highest BCUT2D eigenvalue weighted by Gasteiger charge is 2.18. The van der Waals surface area contributed by atoms with Crippen LogP contribution < -0.4 is 5.32 Å². The number of nitrogens with one attached hydrogen (secondary N) is 1. The van der Waals surface area contributed by atoms with E-state index in [1.165, 1.54) is 43.4 Å². The van der Waals surface area contributed by atoms with Gasteiger partial charge in [0.15, 0.2) is 0 Å². The predicted molar refractivity (Wildman–Crippen MR) is 90.6 cm³/mol. The van der Waals surface area contributed by atoms with E-state index in [1.54, 1.807) is 0 Å². The zero-order valence-corrected chi connectivity index (χ0v) is 13.6. The Labute approximate surface area is 134 Å². The summed E-state index contributed by atoms with van der Waals surface area (Å²) in [4.78, 5) is 2.47. The van der Waals surface area contributed by atoms with Gasteiger partial charge in [0, 0.05) is 26.2 Å². The van der Waals surface area contributed by atoms with Gasteiger partial charge < -0.3 is 10.4 Å². The van der Waals surface area contributed by atoms with Crippen molar-refractivity contribution in [1.82, 2.24) is 10.2 Å². The molecule has 0 amide bonds. The Morgan fingerprint density at radius 2 is 1.68 bits per heavy atom. The fourth-order valence-electron chi connectivity index (χ4n) is 3.83. The van der Waals surface area contributed by atoms with Crippen LogP contribution in [0.1, 0.15) is 49.7 Å². The summed E-state index contributed by atoms with van der Waals surface area (Å²) in [6.45, 7) is 5.22. The highest BCUT2D eigenvalue weighted by molar-refractivity contribution is 5.27. The van der Waals surface area contributed by atoms with Crippen LogP contribution in [-0.4, -0.2) is 35.7 Å². The second kappa shape index (κ2) is 8.09. The van der Waals surface area contributed by atoms with Crippen molar-refractivity contribution in [1.29, 1.82) is 0 Å². The monoisotopic (exact) mass is 302 g/mol. The third kappa shape index (κ3) is 4.55. The second-order valence-electron chi connectivity index (χ2n) is 7.06. The molecule has 1 aliphatic carbocycles. The molecule has 2 aliphatic rings. The average molecular weight is 302 g/mol. The van der Waals surface area contributed by atoms with Crippen LogP contribution in [0.5, 0.6) is 0 Å². The molecule has 1 aromatic carbocycles. The SMILES string of the molecule is OC1CCN(Cc2ccccc2CNCC2CCCC2)CC1. The van der Waals surface area contributed by atoms with Crippen molar-refractivity contribution in [3.63, 3.8) is 0 Å². The molecule has 1 saturated heterocycles. The highest BCUT2D eigenvalue weighted by Crippen LogP contribution is 2.24. The predicted octanol–water partition coefficient (Wildman–Crippen LogP) is 2.92. The maximum Gasteiger partial charge on any atom is 0.0564 e. The van der Waals surface area contributed by atoms with Crippen molar-refractivity contribution in [2.45, 2.75) is 57.7 Å². The van der Waals surface area contributed by atoms with Crippen LogP contribution in [-0.2, 0) is 13.1 Å². The number of aliphatic hydroxyl groups excluding tert-OH is 1. The summed E-state index contributed by atoms with van der Waals surface area (Å²) in [5.74, 6) is 0.899. The number of rotatable bonds is 6. The fourth-order valence-corrected chi connectivity index (χ4v) is 3.83. The van der Waals surface area contributed by atoms with Gasteiger partial charge in [-0.1, -0.05) is 37.1 Å². The van der Waals surface area contributed by atoms with E-state index in [9.17, 15) is 5.11 Å². The van der Waals surface area contributed by atoms with Gasteiger partial charge in [0.05, 0.1) is 6.10 Å². The minimum absolute atomic E-state index is 0.0837. The van der Waals surface area contributed by atoms with E-state index >= 15 is 0 Å². The van der Waals surface area contributed by atoms with Gasteiger partial charge in [-0.2, -0.15) is 0 Å². The molecule has 22 heavy (non-hydrogen) atoms. The van der Waals surface area contributed by atoms with Crippen LogP contribution in [0, 0.1) is 5.92 Å². The number of hydrogen-bond acceptors (Lipinski definition) is 3. The quantitative estimate of drug-likeness (QED) is 0.848. The lowest BCUT2D eigenvalue weighted by molar-refractivity contribution is 0.0791. The average Bonchev–Trinajstić information content (AvgIpc) is 3.05. The Bertz CT molecular complexity index is 449. The second-order valence-corrected chi connectivity index (χ2v) is 7.06. The lowest BCUT2D eigenvalue weighted by Crippen LogP contribution is -2.35. The third-order valence-electron chi connectivity index (χ3n) is 5.29. The first-order valence-corrected chi connectivity index (χ1v) is 8.99. The highest BCUT2D eigenvalue weighted by atomic mass is 16.3. The topological polar surface area (TPSA) is 35.5 Å². The van der Waals surface area contributed by atoms with Crippen LogP contribution in [0.2, 0.25) is 0 Å². The van der Waals surface area contributed by atoms with Crippen molar-refractivity contribution in [2.75, 3.05) is 19.6 Å². The Hall–Kier alpha value is -0.900. The molecule has 1 heterocycles. The van der Waals surface area contributed by atoms with Gasteiger partial charge in [-0.05, 0) is 49.3 Å². The van der Waals surface area contributed by atoms with E-state index in [2.05, 4.69) is 34.5 Å². The van der Waals surface area contributed by atoms with Gasteiger partial charge in [0.25, 0.3) is 0 Å². The van der Waals surface area contributed by atoms with Crippen molar-refractivity contribution in [2.24, 2.45) is 5.92 Å². The zero-order valence-electron chi connectivity index (χ0n) is 13.6. The number of benzene rings is 1. The van der Waals surface area contributed by atoms with E-state index in [0.29, 0.717) is 0 Å². The Morgan fingerprint density at radius 3 is 2.41 bits per heavy atom. The summed E-state index contributed by atoms with van der Waals surface area (Å²) in [7, 11) is 0. The van der Waals surface area contributed by atoms with Gasteiger partial charge in [0.1, 0.15) is 0 Å². The molecule has 3 heteroatoms. The summed E-state index contributed by atoms with van der Waals surface area (Å²) < 4.78 is 0. The molecule has 0 aromatic heterocycles. The summed E-state index contributed by atoms with van der Waals surface area (Å²) in [5, 5.41) is 13.3. The Kier molecular flexibility index (Phi) is 5.88. The Morgan fingerprint density at radius 1 is 1.00 bits per heavy atom. The largest absolute Gasteiger partial charge is 0.393 e. The standard InChI is InChI=1S/C19H30N2O/c22-19-9-11-21(12-10-19)15-18-8-4-3-7-17(18)14-20-13-16-5-1-2-6-16/h3-4,7-8,16,19-20,22H,1-2,5-6,9-15H2. The van der Waals surface area contributed by atoms with Crippen molar-refractivity contribution >= 4 is 0 Å². The maximum atomic E-state index is 9.63. The van der Waals surface area contributed by atoms with E-state index in [1.807, 2.05) is 0 Å². The molecule has 1 saturated carbocycles. The summed E-state index contributed by atoms with van der Waals surface area (Å²) in [5.41, 5.74) is 2.88. The summed E-state index contributed by atoms with van der Waals surface area (Å²) >= 11 is 0. The van der Waals surface area contributed by atoms with E-state index in [0.717, 1.165) is 44.9 Å². The molecule has 3 rings (SSSR count). The number of hydrogen-bond donors (Lipinski definition) is 2. The molecule has 1 aliphatic heterocycles. The summed E-state index contributed by atoms with van der Waals surface area (Å²) in [6, 6.07) is 8.82. The number of nitrogens with zero attached hydrogens (tertiary/aromatic N) is 1. The first-order valence-electron chi connectivity index (χ1n) is 8.99. The van der Waals surface area contributed by atoms with E-state index in [4.69, 9.17) is 0 Å². The van der Waals surface area contributed by atoms with Crippen LogP contribution in [0.25, 0.3) is 0 Å². The summed E-state index contributed by atoms with van der Waals surface area (Å²) in [6.07, 6.45) is 7.41. The molecule has 2 N–H and O–H groups in total. The molecule has 0 radical (unpaired) electrons. The van der Waals surface area contributed by atoms with Crippen LogP contribution in [0.4, 0.5) is 0 Å². The van der Waals surface area contributed by atoms with Gasteiger partial charge in [0.2, 0.25) is 0 Å². The van der Waals surface area contributed by atoms with Gasteiger partial charge in [-0.15, -0.1) is 0 Å². The first kappa shape index (κ1) is 16.0. The van der Waals surface area contributed by atoms with Crippen molar-refractivity contribution in [3.8, 4) is 0 Å². The van der Waals surface area contributed by atoms with Gasteiger partial charge >= 0.3 is 0 Å². The van der Waals surface area contributed by atoms with Gasteiger partial charge in [-0.3, -0.25) is 4.90 Å². The molecule has 0 atom stereocenters. The molecule has 1 aromatic rings. The molecule has 0 bridgehead atoms. The zero-order chi connectivity index (χ0) is 15.2. The molecule has 3 nitrogen and oxygen atoms in total. The molecule has 0 unspecified atom stereocenters. The fraction of sp³-hybridized carbons (Fsp3) is 0.684. The molecule has 0 spiro atoms. The molecular weight excluding hydrogens is 272 g/mol. The molecular formula is C19H30N2O. The van der Waals surface area contributed by atoms with E-state index in [-0.39, 0.29) is 6.10 Å². The smallest absolute Gasteiger partial charge is 0.0564 e. The minimum Gasteiger partial charge on any atom is -0.393 e. The van der Waals surface area contributed by atoms with Crippen LogP contribution in [0.15, 0.2) is 24.3 Å². The normalized spacial score (nSPS) is 21.5. The first-order chi connectivity index (χ1) is 10.8. The number of piperidine rings is 1. The molecule has 122 valence electrons. The van der Waals surface area contributed by atoms with E-state index < -0.39 is 0 Å². The third-order valence-corrected chi connectivity index (χ3v) is 5.29. The molecule has 2 fully saturated rings. The minimum atomic E-state index is -0.0837. The van der Waals surface area contributed by atoms with Gasteiger partial charge in [-0.25, -0.2) is 0 Å². The number of aliphatic hydroxyl groups is 1. The number of likely N-dealkylation sites (tertiary alicyclic amines) is 1. The lowest BCUT2D eigenvalue weighted by Gasteiger charge is -2.30. The lowest BCUT2D eigenvalue weighted by atomic mass is 10.0. The van der Waals surface area contributed by atoms with Crippen molar-refractivity contribution in [3.05, 3.63) is 35.4 Å². The Balaban J connectivity index is 1.50. The van der Waals surface area contributed by atoms with Crippen molar-refractivity contribution < 1.29 is 5.11 Å². The van der Waals surface area contributed by atoms with Crippen LogP contribution >= 0.6 is 0 Å². The maximum absolute atomic E-state index is 9.63. The van der Waals surface area contributed by atoms with Crippen LogP contribution in [0.3, 0.4) is 0 Å².